The van der Waals surface area contributed by atoms with Crippen molar-refractivity contribution in [1.29, 1.82) is 0 Å². The minimum atomic E-state index is -0.126. The van der Waals surface area contributed by atoms with Gasteiger partial charge in [0.1, 0.15) is 0 Å². The zero-order valence-corrected chi connectivity index (χ0v) is 11.0. The molecule has 3 N–H and O–H groups in total. The van der Waals surface area contributed by atoms with Gasteiger partial charge in [0.15, 0.2) is 5.69 Å². The lowest BCUT2D eigenvalue weighted by molar-refractivity contribution is 0.0930. The molecule has 5 heteroatoms. The van der Waals surface area contributed by atoms with Crippen LogP contribution in [-0.2, 0) is 7.05 Å². The molecule has 2 aromatic rings. The SMILES string of the molecule is Cn1nc(C(=O)NC2CCCC2N)c2ccccc21. The summed E-state index contributed by atoms with van der Waals surface area (Å²) in [5, 5.41) is 8.21. The molecule has 1 heterocycles. The van der Waals surface area contributed by atoms with Crippen molar-refractivity contribution in [2.75, 3.05) is 0 Å². The van der Waals surface area contributed by atoms with E-state index in [4.69, 9.17) is 5.73 Å². The molecule has 1 aromatic carbocycles. The van der Waals surface area contributed by atoms with Crippen molar-refractivity contribution < 1.29 is 4.79 Å². The summed E-state index contributed by atoms with van der Waals surface area (Å²) in [4.78, 5) is 12.3. The number of hydrogen-bond acceptors (Lipinski definition) is 3. The van der Waals surface area contributed by atoms with Crippen molar-refractivity contribution in [2.24, 2.45) is 12.8 Å². The first-order valence-electron chi connectivity index (χ1n) is 6.65. The molecule has 2 unspecified atom stereocenters. The van der Waals surface area contributed by atoms with Crippen molar-refractivity contribution in [1.82, 2.24) is 15.1 Å². The minimum absolute atomic E-state index is 0.0685. The molecule has 1 aliphatic carbocycles. The summed E-state index contributed by atoms with van der Waals surface area (Å²) in [6.45, 7) is 0. The number of fused-ring (bicyclic) bond motifs is 1. The second-order valence-electron chi connectivity index (χ2n) is 5.16. The van der Waals surface area contributed by atoms with Crippen molar-refractivity contribution in [3.05, 3.63) is 30.0 Å². The van der Waals surface area contributed by atoms with Crippen molar-refractivity contribution >= 4 is 16.8 Å². The molecule has 19 heavy (non-hydrogen) atoms. The van der Waals surface area contributed by atoms with Gasteiger partial charge in [0.2, 0.25) is 0 Å². The Hall–Kier alpha value is -1.88. The molecule has 3 rings (SSSR count). The van der Waals surface area contributed by atoms with Crippen LogP contribution in [0.4, 0.5) is 0 Å². The predicted octanol–water partition coefficient (Wildman–Crippen LogP) is 1.18. The third-order valence-electron chi connectivity index (χ3n) is 3.86. The quantitative estimate of drug-likeness (QED) is 0.849. The van der Waals surface area contributed by atoms with Gasteiger partial charge in [0.05, 0.1) is 5.52 Å². The summed E-state index contributed by atoms with van der Waals surface area (Å²) in [5.41, 5.74) is 7.43. The fourth-order valence-electron chi connectivity index (χ4n) is 2.79. The van der Waals surface area contributed by atoms with E-state index in [1.54, 1.807) is 4.68 Å². The van der Waals surface area contributed by atoms with Crippen LogP contribution in [0.3, 0.4) is 0 Å². The zero-order chi connectivity index (χ0) is 13.4. The number of para-hydroxylation sites is 1. The molecule has 0 spiro atoms. The Labute approximate surface area is 111 Å². The Morgan fingerprint density at radius 2 is 2.21 bits per heavy atom. The highest BCUT2D eigenvalue weighted by molar-refractivity contribution is 6.04. The second-order valence-corrected chi connectivity index (χ2v) is 5.16. The number of aryl methyl sites for hydroxylation is 1. The van der Waals surface area contributed by atoms with Gasteiger partial charge in [-0.3, -0.25) is 9.48 Å². The first-order chi connectivity index (χ1) is 9.16. The van der Waals surface area contributed by atoms with Crippen molar-refractivity contribution in [3.63, 3.8) is 0 Å². The van der Waals surface area contributed by atoms with Crippen LogP contribution < -0.4 is 11.1 Å². The fraction of sp³-hybridized carbons (Fsp3) is 0.429. The van der Waals surface area contributed by atoms with Gasteiger partial charge in [-0.25, -0.2) is 0 Å². The third kappa shape index (κ3) is 2.10. The van der Waals surface area contributed by atoms with Crippen LogP contribution in [0.5, 0.6) is 0 Å². The number of carbonyl (C=O) groups is 1. The lowest BCUT2D eigenvalue weighted by atomic mass is 10.1. The monoisotopic (exact) mass is 258 g/mol. The molecule has 100 valence electrons. The summed E-state index contributed by atoms with van der Waals surface area (Å²) < 4.78 is 1.73. The van der Waals surface area contributed by atoms with Crippen LogP contribution in [0, 0.1) is 0 Å². The van der Waals surface area contributed by atoms with Gasteiger partial charge in [-0.15, -0.1) is 0 Å². The average Bonchev–Trinajstić information content (AvgIpc) is 2.95. The number of hydrogen-bond donors (Lipinski definition) is 2. The summed E-state index contributed by atoms with van der Waals surface area (Å²) in [6.07, 6.45) is 3.01. The number of amides is 1. The summed E-state index contributed by atoms with van der Waals surface area (Å²) in [5.74, 6) is -0.126. The molecule has 0 bridgehead atoms. The lowest BCUT2D eigenvalue weighted by Gasteiger charge is -2.16. The number of benzene rings is 1. The Morgan fingerprint density at radius 3 is 2.95 bits per heavy atom. The van der Waals surface area contributed by atoms with E-state index in [1.807, 2.05) is 31.3 Å². The maximum atomic E-state index is 12.3. The van der Waals surface area contributed by atoms with E-state index < -0.39 is 0 Å². The van der Waals surface area contributed by atoms with E-state index in [2.05, 4.69) is 10.4 Å². The number of nitrogens with zero attached hydrogens (tertiary/aromatic N) is 2. The minimum Gasteiger partial charge on any atom is -0.346 e. The van der Waals surface area contributed by atoms with Gasteiger partial charge in [-0.1, -0.05) is 18.2 Å². The largest absolute Gasteiger partial charge is 0.346 e. The first-order valence-corrected chi connectivity index (χ1v) is 6.65. The highest BCUT2D eigenvalue weighted by Crippen LogP contribution is 2.20. The van der Waals surface area contributed by atoms with Crippen LogP contribution in [0.1, 0.15) is 29.8 Å². The molecular weight excluding hydrogens is 240 g/mol. The molecule has 0 saturated heterocycles. The first kappa shape index (κ1) is 12.2. The number of nitrogens with one attached hydrogen (secondary N) is 1. The van der Waals surface area contributed by atoms with Gasteiger partial charge in [-0.05, 0) is 25.3 Å². The number of rotatable bonds is 2. The standard InChI is InChI=1S/C14H18N4O/c1-18-12-8-3-2-5-9(12)13(17-18)14(19)16-11-7-4-6-10(11)15/h2-3,5,8,10-11H,4,6-7,15H2,1H3,(H,16,19). The molecule has 2 atom stereocenters. The smallest absolute Gasteiger partial charge is 0.272 e. The number of nitrogens with two attached hydrogens (primary N) is 1. The van der Waals surface area contributed by atoms with Gasteiger partial charge in [-0.2, -0.15) is 5.10 Å². The predicted molar refractivity (Wildman–Crippen MR) is 73.8 cm³/mol. The Bertz CT molecular complexity index is 619. The van der Waals surface area contributed by atoms with Crippen LogP contribution in [-0.4, -0.2) is 27.8 Å². The van der Waals surface area contributed by atoms with E-state index in [9.17, 15) is 4.79 Å². The van der Waals surface area contributed by atoms with E-state index >= 15 is 0 Å². The van der Waals surface area contributed by atoms with E-state index in [-0.39, 0.29) is 18.0 Å². The highest BCUT2D eigenvalue weighted by Gasteiger charge is 2.27. The van der Waals surface area contributed by atoms with Crippen LogP contribution in [0.2, 0.25) is 0 Å². The summed E-state index contributed by atoms with van der Waals surface area (Å²) in [7, 11) is 1.85. The molecule has 0 radical (unpaired) electrons. The Balaban J connectivity index is 1.89. The molecule has 1 saturated carbocycles. The van der Waals surface area contributed by atoms with Gasteiger partial charge in [0, 0.05) is 24.5 Å². The second kappa shape index (κ2) is 4.66. The van der Waals surface area contributed by atoms with E-state index in [0.717, 1.165) is 30.2 Å². The Morgan fingerprint density at radius 1 is 1.42 bits per heavy atom. The molecular formula is C14H18N4O. The topological polar surface area (TPSA) is 72.9 Å². The molecule has 1 amide bonds. The summed E-state index contributed by atoms with van der Waals surface area (Å²) in [6, 6.07) is 7.89. The fourth-order valence-corrected chi connectivity index (χ4v) is 2.79. The maximum Gasteiger partial charge on any atom is 0.272 e. The zero-order valence-electron chi connectivity index (χ0n) is 11.0. The van der Waals surface area contributed by atoms with Crippen molar-refractivity contribution in [3.8, 4) is 0 Å². The average molecular weight is 258 g/mol. The van der Waals surface area contributed by atoms with Gasteiger partial charge in [0.25, 0.3) is 5.91 Å². The molecule has 1 aromatic heterocycles. The number of carbonyl (C=O) groups excluding carboxylic acids is 1. The van der Waals surface area contributed by atoms with Crippen LogP contribution in [0.15, 0.2) is 24.3 Å². The van der Waals surface area contributed by atoms with Crippen molar-refractivity contribution in [2.45, 2.75) is 31.3 Å². The van der Waals surface area contributed by atoms with Crippen LogP contribution in [0.25, 0.3) is 10.9 Å². The molecule has 5 nitrogen and oxygen atoms in total. The number of aromatic nitrogens is 2. The van der Waals surface area contributed by atoms with Gasteiger partial charge >= 0.3 is 0 Å². The maximum absolute atomic E-state index is 12.3. The summed E-state index contributed by atoms with van der Waals surface area (Å²) >= 11 is 0. The van der Waals surface area contributed by atoms with Crippen LogP contribution >= 0.6 is 0 Å². The third-order valence-corrected chi connectivity index (χ3v) is 3.86. The highest BCUT2D eigenvalue weighted by atomic mass is 16.2. The lowest BCUT2D eigenvalue weighted by Crippen LogP contribution is -2.44. The molecule has 1 fully saturated rings. The molecule has 0 aliphatic heterocycles. The van der Waals surface area contributed by atoms with E-state index in [1.165, 1.54) is 0 Å². The Kier molecular flexibility index (Phi) is 2.98. The van der Waals surface area contributed by atoms with E-state index in [0.29, 0.717) is 5.69 Å². The normalized spacial score (nSPS) is 22.8. The van der Waals surface area contributed by atoms with Gasteiger partial charge < -0.3 is 11.1 Å². The molecule has 1 aliphatic rings.